The van der Waals surface area contributed by atoms with Crippen molar-refractivity contribution in [3.8, 4) is 0 Å². The van der Waals surface area contributed by atoms with Gasteiger partial charge in [-0.3, -0.25) is 0 Å². The molecule has 0 aromatic heterocycles. The molecule has 0 fully saturated rings. The molecule has 0 saturated carbocycles. The molecule has 5 N–H and O–H groups in total. The standard InChI is InChI=1S/CHF3NO2S.H3N/c2-1(3,4)8(5,6)7;/h(H-,5,6,7);1H3/q-1;/p+1. The molecular weight excluding hydrogens is 161 g/mol. The Kier molecular flexibility index (Phi) is 3.18. The van der Waals surface area contributed by atoms with Crippen molar-refractivity contribution in [2.45, 2.75) is 5.51 Å². The van der Waals surface area contributed by atoms with Gasteiger partial charge in [0.15, 0.2) is 10.0 Å². The Morgan fingerprint density at radius 1 is 1.22 bits per heavy atom. The summed E-state index contributed by atoms with van der Waals surface area (Å²) in [6.45, 7) is 0. The van der Waals surface area contributed by atoms with Gasteiger partial charge >= 0.3 is 5.51 Å². The second-order valence-electron chi connectivity index (χ2n) is 0.949. The fourth-order valence-corrected chi connectivity index (χ4v) is 0. The van der Waals surface area contributed by atoms with Gasteiger partial charge in [0.2, 0.25) is 0 Å². The van der Waals surface area contributed by atoms with Crippen LogP contribution < -0.4 is 6.15 Å². The van der Waals surface area contributed by atoms with Crippen LogP contribution in [0.25, 0.3) is 5.14 Å². The van der Waals surface area contributed by atoms with Crippen LogP contribution in [-0.4, -0.2) is 13.9 Å². The maximum atomic E-state index is 10.8. The molecule has 0 bridgehead atoms. The smallest absolute Gasteiger partial charge is 0.479 e. The second kappa shape index (κ2) is 2.50. The molecule has 0 atom stereocenters. The lowest BCUT2D eigenvalue weighted by Crippen LogP contribution is -2.18. The molecule has 0 rings (SSSR count). The van der Waals surface area contributed by atoms with E-state index < -0.39 is 15.5 Å². The Morgan fingerprint density at radius 2 is 1.33 bits per heavy atom. The maximum absolute atomic E-state index is 10.8. The first-order chi connectivity index (χ1) is 3.25. The van der Waals surface area contributed by atoms with E-state index in [1.54, 1.807) is 0 Å². The number of halogens is 3. The van der Waals surface area contributed by atoms with Gasteiger partial charge in [-0.05, 0) is 0 Å². The fourth-order valence-electron chi connectivity index (χ4n) is 0. The average molecular weight is 166 g/mol. The summed E-state index contributed by atoms with van der Waals surface area (Å²) in [5.41, 5.74) is -5.42. The molecule has 0 aliphatic heterocycles. The Labute approximate surface area is 49.5 Å². The van der Waals surface area contributed by atoms with Gasteiger partial charge < -0.3 is 11.3 Å². The molecule has 9 heavy (non-hydrogen) atoms. The zero-order valence-electron chi connectivity index (χ0n) is 4.36. The van der Waals surface area contributed by atoms with Crippen LogP contribution >= 0.6 is 0 Å². The minimum absolute atomic E-state index is 0. The lowest BCUT2D eigenvalue weighted by molar-refractivity contribution is -0.0423. The molecule has 0 spiro atoms. The number of nitrogens with one attached hydrogen (secondary N) is 1. The number of hydrogen-bond donors (Lipinski definition) is 1. The number of hydrogen-bond acceptors (Lipinski definition) is 2. The Balaban J connectivity index is 0. The van der Waals surface area contributed by atoms with E-state index in [0.29, 0.717) is 0 Å². The topological polar surface area (TPSA) is 94.4 Å². The number of quaternary nitrogens is 1. The Morgan fingerprint density at radius 3 is 1.33 bits per heavy atom. The zero-order valence-corrected chi connectivity index (χ0v) is 5.18. The normalized spacial score (nSPS) is 12.4. The number of rotatable bonds is 0. The van der Waals surface area contributed by atoms with Gasteiger partial charge in [-0.25, -0.2) is 8.42 Å². The van der Waals surface area contributed by atoms with Crippen LogP contribution in [0.4, 0.5) is 13.2 Å². The SMILES string of the molecule is [NH-]S(=O)(=O)C(F)(F)F.[NH4+]. The molecule has 4 nitrogen and oxygen atoms in total. The van der Waals surface area contributed by atoms with Gasteiger partial charge in [0.05, 0.1) is 0 Å². The molecule has 0 aliphatic carbocycles. The Hall–Kier alpha value is -0.340. The van der Waals surface area contributed by atoms with E-state index in [9.17, 15) is 21.6 Å². The van der Waals surface area contributed by atoms with Crippen molar-refractivity contribution in [3.05, 3.63) is 5.14 Å². The Bertz CT molecular complexity index is 169. The molecule has 0 unspecified atom stereocenters. The monoisotopic (exact) mass is 166 g/mol. The highest BCUT2D eigenvalue weighted by Crippen LogP contribution is 2.22. The van der Waals surface area contributed by atoms with E-state index in [2.05, 4.69) is 0 Å². The first-order valence-corrected chi connectivity index (χ1v) is 2.79. The molecular formula is CH5F3N2O2S. The zero-order chi connectivity index (χ0) is 7.00. The maximum Gasteiger partial charge on any atom is 0.479 e. The summed E-state index contributed by atoms with van der Waals surface area (Å²) in [6.07, 6.45) is 0. The fraction of sp³-hybridized carbons (Fsp3) is 1.00. The summed E-state index contributed by atoms with van der Waals surface area (Å²) in [5, 5.41) is 5.43. The van der Waals surface area contributed by atoms with Crippen LogP contribution in [0.3, 0.4) is 0 Å². The summed E-state index contributed by atoms with van der Waals surface area (Å²) in [5.74, 6) is 0. The molecule has 0 aromatic carbocycles. The summed E-state index contributed by atoms with van der Waals surface area (Å²) >= 11 is 0. The summed E-state index contributed by atoms with van der Waals surface area (Å²) in [4.78, 5) is 0. The summed E-state index contributed by atoms with van der Waals surface area (Å²) < 4.78 is 50.8. The van der Waals surface area contributed by atoms with Crippen molar-refractivity contribution in [2.24, 2.45) is 0 Å². The van der Waals surface area contributed by atoms with Crippen LogP contribution in [0.1, 0.15) is 0 Å². The first-order valence-electron chi connectivity index (χ1n) is 1.31. The van der Waals surface area contributed by atoms with Crippen molar-refractivity contribution in [1.29, 1.82) is 0 Å². The molecule has 0 aliphatic rings. The van der Waals surface area contributed by atoms with Crippen molar-refractivity contribution >= 4 is 10.0 Å². The minimum atomic E-state index is -5.59. The van der Waals surface area contributed by atoms with Gasteiger partial charge in [-0.1, -0.05) is 0 Å². The lowest BCUT2D eigenvalue weighted by atomic mass is 11.6. The molecule has 0 heterocycles. The molecule has 0 radical (unpaired) electrons. The molecule has 58 valence electrons. The van der Waals surface area contributed by atoms with Crippen LogP contribution in [0.5, 0.6) is 0 Å². The van der Waals surface area contributed by atoms with Crippen molar-refractivity contribution in [1.82, 2.24) is 6.15 Å². The van der Waals surface area contributed by atoms with Crippen LogP contribution in [0.15, 0.2) is 0 Å². The highest BCUT2D eigenvalue weighted by Gasteiger charge is 2.36. The minimum Gasteiger partial charge on any atom is -0.556 e. The highest BCUT2D eigenvalue weighted by molar-refractivity contribution is 7.93. The van der Waals surface area contributed by atoms with Crippen LogP contribution in [0, 0.1) is 0 Å². The molecule has 0 aromatic rings. The lowest BCUT2D eigenvalue weighted by Gasteiger charge is -2.07. The van der Waals surface area contributed by atoms with Gasteiger partial charge in [0.1, 0.15) is 0 Å². The van der Waals surface area contributed by atoms with Crippen molar-refractivity contribution < 1.29 is 21.6 Å². The summed E-state index contributed by atoms with van der Waals surface area (Å²) in [6, 6.07) is 0. The number of sulfonamides is 1. The van der Waals surface area contributed by atoms with Gasteiger partial charge in [0.25, 0.3) is 0 Å². The molecule has 0 amide bonds. The van der Waals surface area contributed by atoms with Gasteiger partial charge in [-0.15, -0.1) is 0 Å². The molecule has 8 heteroatoms. The van der Waals surface area contributed by atoms with E-state index in [0.717, 1.165) is 0 Å². The number of alkyl halides is 3. The van der Waals surface area contributed by atoms with E-state index >= 15 is 0 Å². The quantitative estimate of drug-likeness (QED) is 0.586. The third-order valence-electron chi connectivity index (χ3n) is 0.305. The van der Waals surface area contributed by atoms with E-state index in [-0.39, 0.29) is 6.15 Å². The summed E-state index contributed by atoms with van der Waals surface area (Å²) in [7, 11) is -5.59. The van der Waals surface area contributed by atoms with Crippen LogP contribution in [0.2, 0.25) is 0 Å². The molecule has 0 saturated heterocycles. The van der Waals surface area contributed by atoms with E-state index in [4.69, 9.17) is 5.14 Å². The van der Waals surface area contributed by atoms with E-state index in [1.165, 1.54) is 0 Å². The van der Waals surface area contributed by atoms with E-state index in [1.807, 2.05) is 0 Å². The highest BCUT2D eigenvalue weighted by atomic mass is 32.2. The van der Waals surface area contributed by atoms with Gasteiger partial charge in [0, 0.05) is 0 Å². The predicted molar refractivity (Wildman–Crippen MR) is 25.3 cm³/mol. The first kappa shape index (κ1) is 11.5. The van der Waals surface area contributed by atoms with Gasteiger partial charge in [-0.2, -0.15) is 13.2 Å². The predicted octanol–water partition coefficient (Wildman–Crippen LogP) is 1.26. The largest absolute Gasteiger partial charge is 0.556 e. The third-order valence-corrected chi connectivity index (χ3v) is 0.914. The average Bonchev–Trinajstić information content (AvgIpc) is 1.25. The van der Waals surface area contributed by atoms with Crippen molar-refractivity contribution in [2.75, 3.05) is 0 Å². The second-order valence-corrected chi connectivity index (χ2v) is 2.42. The van der Waals surface area contributed by atoms with Crippen LogP contribution in [-0.2, 0) is 10.0 Å². The third kappa shape index (κ3) is 3.27. The van der Waals surface area contributed by atoms with Crippen molar-refractivity contribution in [3.63, 3.8) is 0 Å².